The van der Waals surface area contributed by atoms with E-state index in [4.69, 9.17) is 0 Å². The van der Waals surface area contributed by atoms with E-state index < -0.39 is 21.8 Å². The summed E-state index contributed by atoms with van der Waals surface area (Å²) in [4.78, 5) is 20.2. The number of halogens is 1. The lowest BCUT2D eigenvalue weighted by molar-refractivity contribution is 0.0695. The molecule has 0 fully saturated rings. The minimum atomic E-state index is -3.64. The van der Waals surface area contributed by atoms with Gasteiger partial charge in [0.2, 0.25) is 16.0 Å². The molecule has 26 heavy (non-hydrogen) atoms. The highest BCUT2D eigenvalue weighted by Gasteiger charge is 2.25. The van der Waals surface area contributed by atoms with E-state index in [9.17, 15) is 22.7 Å². The number of sulfonamides is 1. The van der Waals surface area contributed by atoms with Crippen molar-refractivity contribution in [3.8, 4) is 11.3 Å². The summed E-state index contributed by atoms with van der Waals surface area (Å²) in [5.41, 5.74) is 0.524. The number of benzene rings is 1. The summed E-state index contributed by atoms with van der Waals surface area (Å²) < 4.78 is 37.8. The Morgan fingerprint density at radius 1 is 1.23 bits per heavy atom. The fraction of sp³-hybridized carbons (Fsp3) is 0.353. The van der Waals surface area contributed by atoms with Gasteiger partial charge in [0.1, 0.15) is 11.4 Å². The molecule has 0 unspecified atom stereocenters. The Morgan fingerprint density at radius 2 is 1.81 bits per heavy atom. The van der Waals surface area contributed by atoms with Crippen molar-refractivity contribution in [2.45, 2.75) is 20.3 Å². The normalized spacial score (nSPS) is 11.6. The van der Waals surface area contributed by atoms with E-state index in [-0.39, 0.29) is 28.8 Å². The molecule has 0 aliphatic carbocycles. The monoisotopic (exact) mass is 381 g/mol. The van der Waals surface area contributed by atoms with Gasteiger partial charge in [0, 0.05) is 12.6 Å². The van der Waals surface area contributed by atoms with Gasteiger partial charge in [0.15, 0.2) is 0 Å². The van der Waals surface area contributed by atoms with Crippen LogP contribution in [0, 0.1) is 11.7 Å². The van der Waals surface area contributed by atoms with Crippen LogP contribution in [0.15, 0.2) is 24.3 Å². The molecule has 2 aromatic rings. The summed E-state index contributed by atoms with van der Waals surface area (Å²) >= 11 is 0. The van der Waals surface area contributed by atoms with Crippen LogP contribution < -0.4 is 4.31 Å². The van der Waals surface area contributed by atoms with Crippen molar-refractivity contribution in [3.05, 3.63) is 41.3 Å². The number of rotatable bonds is 6. The molecular weight excluding hydrogens is 361 g/mol. The third-order valence-electron chi connectivity index (χ3n) is 3.68. The number of aromatic nitrogens is 2. The zero-order chi connectivity index (χ0) is 19.6. The van der Waals surface area contributed by atoms with Crippen molar-refractivity contribution in [2.24, 2.45) is 5.92 Å². The minimum Gasteiger partial charge on any atom is -0.478 e. The molecule has 1 heterocycles. The molecule has 140 valence electrons. The molecule has 7 nitrogen and oxygen atoms in total. The first-order chi connectivity index (χ1) is 12.0. The summed E-state index contributed by atoms with van der Waals surface area (Å²) in [6.07, 6.45) is 1.32. The number of hydrogen-bond donors (Lipinski definition) is 1. The van der Waals surface area contributed by atoms with Gasteiger partial charge in [-0.15, -0.1) is 0 Å². The number of anilines is 1. The molecule has 2 rings (SSSR count). The van der Waals surface area contributed by atoms with Crippen molar-refractivity contribution >= 4 is 21.9 Å². The quantitative estimate of drug-likeness (QED) is 0.825. The van der Waals surface area contributed by atoms with Crippen LogP contribution in [0.1, 0.15) is 29.9 Å². The van der Waals surface area contributed by atoms with E-state index in [0.29, 0.717) is 12.0 Å². The maximum absolute atomic E-state index is 13.2. The van der Waals surface area contributed by atoms with E-state index in [2.05, 4.69) is 9.97 Å². The van der Waals surface area contributed by atoms with Crippen LogP contribution in [0.4, 0.5) is 10.3 Å². The first kappa shape index (κ1) is 19.8. The number of aromatic carboxylic acids is 1. The topological polar surface area (TPSA) is 100 Å². The Hall–Kier alpha value is -2.55. The highest BCUT2D eigenvalue weighted by molar-refractivity contribution is 7.92. The zero-order valence-electron chi connectivity index (χ0n) is 14.9. The van der Waals surface area contributed by atoms with E-state index in [1.807, 2.05) is 13.8 Å². The van der Waals surface area contributed by atoms with Crippen molar-refractivity contribution in [3.63, 3.8) is 0 Å². The van der Waals surface area contributed by atoms with Gasteiger partial charge in [-0.3, -0.25) is 0 Å². The lowest BCUT2D eigenvalue weighted by atomic mass is 9.99. The summed E-state index contributed by atoms with van der Waals surface area (Å²) in [7, 11) is -2.35. The molecule has 1 aromatic heterocycles. The maximum Gasteiger partial charge on any atom is 0.339 e. The van der Waals surface area contributed by atoms with Crippen LogP contribution in [0.3, 0.4) is 0 Å². The number of carbonyl (C=O) groups is 1. The minimum absolute atomic E-state index is 0.0497. The van der Waals surface area contributed by atoms with E-state index >= 15 is 0 Å². The lowest BCUT2D eigenvalue weighted by Gasteiger charge is -2.19. The average Bonchev–Trinajstić information content (AvgIpc) is 2.52. The molecule has 0 radical (unpaired) electrons. The van der Waals surface area contributed by atoms with Crippen molar-refractivity contribution in [2.75, 3.05) is 17.6 Å². The SMILES string of the molecule is CC(C)Cc1nc(N(C)S(C)(=O)=O)nc(-c2ccc(F)cc2)c1C(=O)O. The van der Waals surface area contributed by atoms with Gasteiger partial charge < -0.3 is 5.11 Å². The summed E-state index contributed by atoms with van der Waals surface area (Å²) in [5, 5.41) is 9.68. The lowest BCUT2D eigenvalue weighted by Crippen LogP contribution is -2.28. The first-order valence-electron chi connectivity index (χ1n) is 7.84. The summed E-state index contributed by atoms with van der Waals surface area (Å²) in [5.74, 6) is -1.75. The van der Waals surface area contributed by atoms with Crippen LogP contribution in [0.2, 0.25) is 0 Å². The van der Waals surface area contributed by atoms with Gasteiger partial charge in [-0.25, -0.2) is 31.9 Å². The number of carboxylic acids is 1. The molecule has 0 amide bonds. The van der Waals surface area contributed by atoms with Crippen LogP contribution in [0.5, 0.6) is 0 Å². The predicted molar refractivity (Wildman–Crippen MR) is 96.2 cm³/mol. The second kappa shape index (κ2) is 7.36. The Kier molecular flexibility index (Phi) is 5.60. The largest absolute Gasteiger partial charge is 0.478 e. The smallest absolute Gasteiger partial charge is 0.339 e. The van der Waals surface area contributed by atoms with E-state index in [1.54, 1.807) is 0 Å². The molecule has 1 N–H and O–H groups in total. The molecule has 9 heteroatoms. The molecular formula is C17H20FN3O4S. The maximum atomic E-state index is 13.2. The fourth-order valence-corrected chi connectivity index (χ4v) is 2.74. The standard InChI is InChI=1S/C17H20FN3O4S/c1-10(2)9-13-14(16(22)23)15(11-5-7-12(18)8-6-11)20-17(19-13)21(3)26(4,24)25/h5-8,10H,9H2,1-4H3,(H,22,23). The highest BCUT2D eigenvalue weighted by atomic mass is 32.2. The second-order valence-corrected chi connectivity index (χ2v) is 8.35. The molecule has 0 spiro atoms. The fourth-order valence-electron chi connectivity index (χ4n) is 2.36. The number of hydrogen-bond acceptors (Lipinski definition) is 5. The van der Waals surface area contributed by atoms with Gasteiger partial charge >= 0.3 is 5.97 Å². The van der Waals surface area contributed by atoms with E-state index in [1.165, 1.54) is 31.3 Å². The van der Waals surface area contributed by atoms with Crippen LogP contribution in [-0.2, 0) is 16.4 Å². The first-order valence-corrected chi connectivity index (χ1v) is 9.69. The Labute approximate surface area is 151 Å². The Balaban J connectivity index is 2.80. The molecule has 0 saturated carbocycles. The molecule has 0 aliphatic rings. The van der Waals surface area contributed by atoms with Crippen LogP contribution in [0.25, 0.3) is 11.3 Å². The van der Waals surface area contributed by atoms with Crippen molar-refractivity contribution in [1.82, 2.24) is 9.97 Å². The van der Waals surface area contributed by atoms with Crippen molar-refractivity contribution < 1.29 is 22.7 Å². The van der Waals surface area contributed by atoms with Gasteiger partial charge in [0.05, 0.1) is 17.6 Å². The molecule has 1 aromatic carbocycles. The predicted octanol–water partition coefficient (Wildman–Crippen LogP) is 2.58. The highest BCUT2D eigenvalue weighted by Crippen LogP contribution is 2.28. The van der Waals surface area contributed by atoms with Crippen molar-refractivity contribution in [1.29, 1.82) is 0 Å². The summed E-state index contributed by atoms with van der Waals surface area (Å²) in [6, 6.07) is 5.16. The van der Waals surface area contributed by atoms with E-state index in [0.717, 1.165) is 10.6 Å². The second-order valence-electron chi connectivity index (χ2n) is 6.33. The number of carboxylic acid groups (broad SMARTS) is 1. The molecule has 0 saturated heterocycles. The Morgan fingerprint density at radius 3 is 2.27 bits per heavy atom. The molecule has 0 bridgehead atoms. The van der Waals surface area contributed by atoms with Crippen LogP contribution in [-0.4, -0.2) is 42.8 Å². The third kappa shape index (κ3) is 4.34. The van der Waals surface area contributed by atoms with Gasteiger partial charge in [-0.05, 0) is 36.6 Å². The van der Waals surface area contributed by atoms with Crippen LogP contribution >= 0.6 is 0 Å². The molecule has 0 atom stereocenters. The third-order valence-corrected chi connectivity index (χ3v) is 4.84. The Bertz CT molecular complexity index is 928. The zero-order valence-corrected chi connectivity index (χ0v) is 15.7. The number of nitrogens with zero attached hydrogens (tertiary/aromatic N) is 3. The van der Waals surface area contributed by atoms with Gasteiger partial charge in [-0.2, -0.15) is 0 Å². The van der Waals surface area contributed by atoms with Gasteiger partial charge in [0.25, 0.3) is 0 Å². The average molecular weight is 381 g/mol. The van der Waals surface area contributed by atoms with Gasteiger partial charge in [-0.1, -0.05) is 13.8 Å². The molecule has 0 aliphatic heterocycles. The summed E-state index contributed by atoms with van der Waals surface area (Å²) in [6.45, 7) is 3.79.